The van der Waals surface area contributed by atoms with Gasteiger partial charge < -0.3 is 24.2 Å². The van der Waals surface area contributed by atoms with E-state index >= 15 is 0 Å². The average molecular weight is 337 g/mol. The van der Waals surface area contributed by atoms with Crippen molar-refractivity contribution in [2.24, 2.45) is 5.41 Å². The first-order valence-electron chi connectivity index (χ1n) is 7.83. The van der Waals surface area contributed by atoms with Crippen molar-refractivity contribution in [1.82, 2.24) is 4.90 Å². The van der Waals surface area contributed by atoms with Crippen LogP contribution in [0.15, 0.2) is 30.3 Å². The van der Waals surface area contributed by atoms with E-state index in [1.54, 1.807) is 0 Å². The van der Waals surface area contributed by atoms with E-state index < -0.39 is 11.4 Å². The van der Waals surface area contributed by atoms with E-state index in [2.05, 4.69) is 0 Å². The van der Waals surface area contributed by atoms with Gasteiger partial charge >= 0.3 is 5.97 Å². The molecule has 132 valence electrons. The van der Waals surface area contributed by atoms with Crippen molar-refractivity contribution in [1.29, 1.82) is 0 Å². The van der Waals surface area contributed by atoms with E-state index in [-0.39, 0.29) is 32.3 Å². The fourth-order valence-corrected chi connectivity index (χ4v) is 2.70. The van der Waals surface area contributed by atoms with Crippen molar-refractivity contribution in [2.45, 2.75) is 6.42 Å². The highest BCUT2D eigenvalue weighted by Crippen LogP contribution is 2.31. The maximum atomic E-state index is 12.1. The van der Waals surface area contributed by atoms with Crippen molar-refractivity contribution < 1.29 is 28.9 Å². The first kappa shape index (κ1) is 18.2. The summed E-state index contributed by atoms with van der Waals surface area (Å²) in [5, 5.41) is 9.38. The minimum Gasteiger partial charge on any atom is -0.491 e. The van der Waals surface area contributed by atoms with Crippen LogP contribution < -0.4 is 4.74 Å². The molecule has 0 spiro atoms. The Kier molecular flexibility index (Phi) is 6.57. The number of carbonyl (C=O) groups excluding carboxylic acids is 1. The summed E-state index contributed by atoms with van der Waals surface area (Å²) in [4.78, 5) is 25.1. The minimum atomic E-state index is -1.01. The van der Waals surface area contributed by atoms with Crippen LogP contribution in [0.5, 0.6) is 5.75 Å². The van der Waals surface area contributed by atoms with E-state index in [4.69, 9.17) is 14.2 Å². The zero-order valence-electron chi connectivity index (χ0n) is 13.8. The highest BCUT2D eigenvalue weighted by atomic mass is 16.5. The number of nitrogens with zero attached hydrogens (tertiary/aromatic N) is 1. The zero-order chi connectivity index (χ0) is 17.4. The van der Waals surface area contributed by atoms with Gasteiger partial charge in [-0.25, -0.2) is 0 Å². The summed E-state index contributed by atoms with van der Waals surface area (Å²) >= 11 is 0. The van der Waals surface area contributed by atoms with E-state index in [9.17, 15) is 14.7 Å². The van der Waals surface area contributed by atoms with Crippen LogP contribution in [0.2, 0.25) is 0 Å². The number of benzene rings is 1. The normalized spacial score (nSPS) is 20.1. The molecule has 2 rings (SSSR count). The summed E-state index contributed by atoms with van der Waals surface area (Å²) in [5.74, 6) is -0.399. The third-order valence-electron chi connectivity index (χ3n) is 4.05. The van der Waals surface area contributed by atoms with E-state index in [1.807, 2.05) is 30.3 Å². The lowest BCUT2D eigenvalue weighted by molar-refractivity contribution is -0.152. The van der Waals surface area contributed by atoms with Gasteiger partial charge in [0.15, 0.2) is 0 Å². The van der Waals surface area contributed by atoms with Crippen LogP contribution in [0.3, 0.4) is 0 Å². The van der Waals surface area contributed by atoms with Gasteiger partial charge in [0.1, 0.15) is 24.4 Å². The molecule has 0 saturated carbocycles. The summed E-state index contributed by atoms with van der Waals surface area (Å²) in [6.45, 7) is 1.20. The quantitative estimate of drug-likeness (QED) is 0.678. The lowest BCUT2D eigenvalue weighted by Gasteiger charge is -2.23. The molecule has 0 aromatic heterocycles. The predicted octanol–water partition coefficient (Wildman–Crippen LogP) is 1.03. The molecular weight excluding hydrogens is 314 g/mol. The molecule has 1 atom stereocenters. The van der Waals surface area contributed by atoms with Crippen LogP contribution in [0.1, 0.15) is 6.42 Å². The number of hydrogen-bond donors (Lipinski definition) is 1. The van der Waals surface area contributed by atoms with Crippen LogP contribution >= 0.6 is 0 Å². The molecule has 1 heterocycles. The Bertz CT molecular complexity index is 549. The molecule has 7 nitrogen and oxygen atoms in total. The SMILES string of the molecule is COCC1(C(=O)O)CCN(C(=O)COCCOc2ccccc2)C1. The van der Waals surface area contributed by atoms with Crippen molar-refractivity contribution in [3.05, 3.63) is 30.3 Å². The van der Waals surface area contributed by atoms with Crippen LogP contribution in [0.25, 0.3) is 0 Å². The molecule has 0 radical (unpaired) electrons. The van der Waals surface area contributed by atoms with Crippen LogP contribution in [-0.2, 0) is 19.1 Å². The lowest BCUT2D eigenvalue weighted by Crippen LogP contribution is -2.41. The lowest BCUT2D eigenvalue weighted by atomic mass is 9.88. The third-order valence-corrected chi connectivity index (χ3v) is 4.05. The van der Waals surface area contributed by atoms with Crippen molar-refractivity contribution in [3.8, 4) is 5.75 Å². The molecule has 1 aromatic rings. The standard InChI is InChI=1S/C17H23NO6/c1-22-13-17(16(20)21)7-8-18(12-17)15(19)11-23-9-10-24-14-5-3-2-4-6-14/h2-6H,7-13H2,1H3,(H,20,21). The molecule has 0 bridgehead atoms. The highest BCUT2D eigenvalue weighted by molar-refractivity contribution is 5.81. The number of rotatable bonds is 9. The Hall–Kier alpha value is -2.12. The Labute approximate surface area is 141 Å². The molecule has 1 aliphatic heterocycles. The zero-order valence-corrected chi connectivity index (χ0v) is 13.8. The van der Waals surface area contributed by atoms with Crippen LogP contribution in [0.4, 0.5) is 0 Å². The Morgan fingerprint density at radius 2 is 2.00 bits per heavy atom. The first-order chi connectivity index (χ1) is 11.6. The van der Waals surface area contributed by atoms with Gasteiger partial charge in [0.05, 0.1) is 13.2 Å². The van der Waals surface area contributed by atoms with E-state index in [1.165, 1.54) is 12.0 Å². The molecule has 1 amide bonds. The van der Waals surface area contributed by atoms with Crippen molar-refractivity contribution >= 4 is 11.9 Å². The maximum absolute atomic E-state index is 12.1. The van der Waals surface area contributed by atoms with Gasteiger partial charge in [-0.3, -0.25) is 9.59 Å². The Balaban J connectivity index is 1.69. The number of hydrogen-bond acceptors (Lipinski definition) is 5. The highest BCUT2D eigenvalue weighted by Gasteiger charge is 2.46. The molecule has 1 fully saturated rings. The first-order valence-corrected chi connectivity index (χ1v) is 7.83. The Morgan fingerprint density at radius 3 is 2.67 bits per heavy atom. The third kappa shape index (κ3) is 4.69. The van der Waals surface area contributed by atoms with Crippen LogP contribution in [0, 0.1) is 5.41 Å². The van der Waals surface area contributed by atoms with E-state index in [0.29, 0.717) is 19.6 Å². The van der Waals surface area contributed by atoms with E-state index in [0.717, 1.165) is 5.75 Å². The Morgan fingerprint density at radius 1 is 1.25 bits per heavy atom. The van der Waals surface area contributed by atoms with Gasteiger partial charge in [-0.05, 0) is 18.6 Å². The number of likely N-dealkylation sites (tertiary alicyclic amines) is 1. The second kappa shape index (κ2) is 8.65. The number of carboxylic acid groups (broad SMARTS) is 1. The summed E-state index contributed by atoms with van der Waals surface area (Å²) in [6, 6.07) is 9.34. The van der Waals surface area contributed by atoms with Crippen LogP contribution in [-0.4, -0.2) is 68.5 Å². The van der Waals surface area contributed by atoms with Gasteiger partial charge in [0.25, 0.3) is 0 Å². The smallest absolute Gasteiger partial charge is 0.313 e. The molecule has 1 aromatic carbocycles. The average Bonchev–Trinajstić information content (AvgIpc) is 3.01. The number of methoxy groups -OCH3 is 1. The fourth-order valence-electron chi connectivity index (χ4n) is 2.70. The molecule has 1 saturated heterocycles. The van der Waals surface area contributed by atoms with Crippen molar-refractivity contribution in [2.75, 3.05) is 46.6 Å². The molecule has 24 heavy (non-hydrogen) atoms. The number of carboxylic acids is 1. The molecular formula is C17H23NO6. The maximum Gasteiger partial charge on any atom is 0.313 e. The summed E-state index contributed by atoms with van der Waals surface area (Å²) in [7, 11) is 1.46. The van der Waals surface area contributed by atoms with Gasteiger partial charge in [-0.15, -0.1) is 0 Å². The van der Waals surface area contributed by atoms with Gasteiger partial charge in [-0.2, -0.15) is 0 Å². The second-order valence-electron chi connectivity index (χ2n) is 5.80. The summed E-state index contributed by atoms with van der Waals surface area (Å²) in [6.07, 6.45) is 0.388. The molecule has 1 aliphatic rings. The van der Waals surface area contributed by atoms with Crippen molar-refractivity contribution in [3.63, 3.8) is 0 Å². The molecule has 1 N–H and O–H groups in total. The predicted molar refractivity (Wildman–Crippen MR) is 85.9 cm³/mol. The number of amides is 1. The molecule has 1 unspecified atom stereocenters. The number of aliphatic carboxylic acids is 1. The topological polar surface area (TPSA) is 85.3 Å². The second-order valence-corrected chi connectivity index (χ2v) is 5.80. The minimum absolute atomic E-state index is 0.0825. The molecule has 7 heteroatoms. The summed E-state index contributed by atoms with van der Waals surface area (Å²) in [5.41, 5.74) is -1.01. The van der Waals surface area contributed by atoms with Gasteiger partial charge in [0.2, 0.25) is 5.91 Å². The largest absolute Gasteiger partial charge is 0.491 e. The summed E-state index contributed by atoms with van der Waals surface area (Å²) < 4.78 is 15.8. The molecule has 0 aliphatic carbocycles. The number of para-hydroxylation sites is 1. The van der Waals surface area contributed by atoms with Gasteiger partial charge in [-0.1, -0.05) is 18.2 Å². The number of carbonyl (C=O) groups is 2. The number of ether oxygens (including phenoxy) is 3. The van der Waals surface area contributed by atoms with Gasteiger partial charge in [0, 0.05) is 20.2 Å². The monoisotopic (exact) mass is 337 g/mol. The fraction of sp³-hybridized carbons (Fsp3) is 0.529.